The van der Waals surface area contributed by atoms with Gasteiger partial charge in [-0.15, -0.1) is 11.3 Å². The molecule has 0 saturated carbocycles. The number of benzene rings is 1. The van der Waals surface area contributed by atoms with Crippen molar-refractivity contribution in [2.45, 2.75) is 19.4 Å². The summed E-state index contributed by atoms with van der Waals surface area (Å²) in [5, 5.41) is 5.01. The van der Waals surface area contributed by atoms with E-state index < -0.39 is 5.82 Å². The van der Waals surface area contributed by atoms with E-state index >= 15 is 0 Å². The van der Waals surface area contributed by atoms with E-state index in [0.29, 0.717) is 5.02 Å². The summed E-state index contributed by atoms with van der Waals surface area (Å²) in [6.45, 7) is 3.19. The smallest absolute Gasteiger partial charge is 0.238 e. The Labute approximate surface area is 137 Å². The average Bonchev–Trinajstić information content (AvgIpc) is 2.94. The van der Waals surface area contributed by atoms with Gasteiger partial charge in [-0.05, 0) is 48.6 Å². The Kier molecular flexibility index (Phi) is 4.47. The number of hydrogen-bond donors (Lipinski definition) is 1. The molecule has 1 amide bonds. The third-order valence-electron chi connectivity index (χ3n) is 3.96. The first-order valence-corrected chi connectivity index (χ1v) is 8.35. The fraction of sp³-hybridized carbons (Fsp3) is 0.312. The predicted octanol–water partition coefficient (Wildman–Crippen LogP) is 4.10. The van der Waals surface area contributed by atoms with Crippen LogP contribution < -0.4 is 5.32 Å². The van der Waals surface area contributed by atoms with Crippen molar-refractivity contribution in [3.8, 4) is 0 Å². The van der Waals surface area contributed by atoms with Crippen molar-refractivity contribution in [2.24, 2.45) is 0 Å². The standard InChI is InChI=1S/C16H16ClFN2OS/c1-10-12-5-7-22-15(12)4-6-20(10)9-16(21)19-14-3-2-11(17)8-13(14)18/h2-3,5,7-8,10H,4,6,9H2,1H3,(H,19,21). The largest absolute Gasteiger partial charge is 0.322 e. The fourth-order valence-corrected chi connectivity index (χ4v) is 3.86. The van der Waals surface area contributed by atoms with Gasteiger partial charge in [-0.25, -0.2) is 4.39 Å². The quantitative estimate of drug-likeness (QED) is 0.913. The van der Waals surface area contributed by atoms with Gasteiger partial charge in [-0.2, -0.15) is 0 Å². The minimum Gasteiger partial charge on any atom is -0.322 e. The van der Waals surface area contributed by atoms with E-state index in [9.17, 15) is 9.18 Å². The summed E-state index contributed by atoms with van der Waals surface area (Å²) in [7, 11) is 0. The van der Waals surface area contributed by atoms with E-state index in [1.54, 1.807) is 17.4 Å². The number of anilines is 1. The normalized spacial score (nSPS) is 18.0. The summed E-state index contributed by atoms with van der Waals surface area (Å²) in [6, 6.07) is 6.55. The molecule has 1 aromatic heterocycles. The van der Waals surface area contributed by atoms with Crippen molar-refractivity contribution >= 4 is 34.5 Å². The molecule has 0 radical (unpaired) electrons. The Morgan fingerprint density at radius 3 is 3.09 bits per heavy atom. The lowest BCUT2D eigenvalue weighted by Gasteiger charge is -2.32. The Morgan fingerprint density at radius 1 is 1.50 bits per heavy atom. The van der Waals surface area contributed by atoms with Crippen molar-refractivity contribution < 1.29 is 9.18 Å². The SMILES string of the molecule is CC1c2ccsc2CCN1CC(=O)Nc1ccc(Cl)cc1F. The maximum absolute atomic E-state index is 13.7. The molecule has 0 spiro atoms. The van der Waals surface area contributed by atoms with Crippen LogP contribution in [0.3, 0.4) is 0 Å². The van der Waals surface area contributed by atoms with E-state index in [2.05, 4.69) is 28.6 Å². The third kappa shape index (κ3) is 3.16. The van der Waals surface area contributed by atoms with E-state index in [-0.39, 0.29) is 24.2 Å². The third-order valence-corrected chi connectivity index (χ3v) is 5.19. The number of nitrogens with one attached hydrogen (secondary N) is 1. The Hall–Kier alpha value is -1.43. The van der Waals surface area contributed by atoms with Gasteiger partial charge in [0.2, 0.25) is 5.91 Å². The van der Waals surface area contributed by atoms with Gasteiger partial charge in [-0.1, -0.05) is 11.6 Å². The highest BCUT2D eigenvalue weighted by atomic mass is 35.5. The number of amides is 1. The summed E-state index contributed by atoms with van der Waals surface area (Å²) >= 11 is 7.47. The van der Waals surface area contributed by atoms with E-state index in [1.165, 1.54) is 22.6 Å². The zero-order chi connectivity index (χ0) is 15.7. The highest BCUT2D eigenvalue weighted by Crippen LogP contribution is 2.32. The van der Waals surface area contributed by atoms with Crippen LogP contribution in [0.25, 0.3) is 0 Å². The van der Waals surface area contributed by atoms with Crippen LogP contribution >= 0.6 is 22.9 Å². The predicted molar refractivity (Wildman–Crippen MR) is 88.1 cm³/mol. The van der Waals surface area contributed by atoms with Crippen LogP contribution in [-0.4, -0.2) is 23.9 Å². The summed E-state index contributed by atoms with van der Waals surface area (Å²) in [5.41, 5.74) is 1.46. The molecule has 0 saturated heterocycles. The molecule has 3 rings (SSSR count). The molecule has 1 aromatic carbocycles. The lowest BCUT2D eigenvalue weighted by atomic mass is 10.0. The number of rotatable bonds is 3. The zero-order valence-electron chi connectivity index (χ0n) is 12.1. The topological polar surface area (TPSA) is 32.3 Å². The highest BCUT2D eigenvalue weighted by molar-refractivity contribution is 7.10. The summed E-state index contributed by atoms with van der Waals surface area (Å²) in [4.78, 5) is 15.7. The first-order chi connectivity index (χ1) is 10.5. The molecule has 2 heterocycles. The van der Waals surface area contributed by atoms with Crippen LogP contribution in [0.5, 0.6) is 0 Å². The van der Waals surface area contributed by atoms with Gasteiger partial charge in [0.1, 0.15) is 5.82 Å². The molecule has 1 atom stereocenters. The maximum atomic E-state index is 13.7. The molecule has 1 unspecified atom stereocenters. The molecule has 0 bridgehead atoms. The summed E-state index contributed by atoms with van der Waals surface area (Å²) in [5.74, 6) is -0.737. The number of halogens is 2. The van der Waals surface area contributed by atoms with Crippen LogP contribution in [0.2, 0.25) is 5.02 Å². The first-order valence-electron chi connectivity index (χ1n) is 7.10. The first kappa shape index (κ1) is 15.5. The van der Waals surface area contributed by atoms with E-state index in [1.807, 2.05) is 0 Å². The van der Waals surface area contributed by atoms with Gasteiger partial charge in [0.25, 0.3) is 0 Å². The lowest BCUT2D eigenvalue weighted by molar-refractivity contribution is -0.117. The molecular formula is C16H16ClFN2OS. The van der Waals surface area contributed by atoms with Crippen LogP contribution in [0.15, 0.2) is 29.6 Å². The number of thiophene rings is 1. The number of hydrogen-bond acceptors (Lipinski definition) is 3. The van der Waals surface area contributed by atoms with Gasteiger partial charge in [-0.3, -0.25) is 9.69 Å². The number of carbonyl (C=O) groups is 1. The van der Waals surface area contributed by atoms with Gasteiger partial charge >= 0.3 is 0 Å². The molecule has 6 heteroatoms. The van der Waals surface area contributed by atoms with Crippen LogP contribution in [0, 0.1) is 5.82 Å². The van der Waals surface area contributed by atoms with Crippen molar-refractivity contribution in [3.05, 3.63) is 50.9 Å². The summed E-state index contributed by atoms with van der Waals surface area (Å²) in [6.07, 6.45) is 0.958. The van der Waals surface area contributed by atoms with E-state index in [4.69, 9.17) is 11.6 Å². The van der Waals surface area contributed by atoms with Crippen LogP contribution in [-0.2, 0) is 11.2 Å². The van der Waals surface area contributed by atoms with Crippen molar-refractivity contribution in [1.82, 2.24) is 4.90 Å². The lowest BCUT2D eigenvalue weighted by Crippen LogP contribution is -2.39. The molecule has 1 N–H and O–H groups in total. The average molecular weight is 339 g/mol. The Morgan fingerprint density at radius 2 is 2.32 bits per heavy atom. The maximum Gasteiger partial charge on any atom is 0.238 e. The van der Waals surface area contributed by atoms with Crippen LogP contribution in [0.1, 0.15) is 23.4 Å². The molecular weight excluding hydrogens is 323 g/mol. The van der Waals surface area contributed by atoms with Gasteiger partial charge in [0, 0.05) is 22.5 Å². The zero-order valence-corrected chi connectivity index (χ0v) is 13.7. The number of carbonyl (C=O) groups excluding carboxylic acids is 1. The van der Waals surface area contributed by atoms with Crippen molar-refractivity contribution in [3.63, 3.8) is 0 Å². The second-order valence-electron chi connectivity index (χ2n) is 5.37. The molecule has 1 aliphatic rings. The van der Waals surface area contributed by atoms with Gasteiger partial charge < -0.3 is 5.32 Å². The monoisotopic (exact) mass is 338 g/mol. The molecule has 116 valence electrons. The van der Waals surface area contributed by atoms with Crippen molar-refractivity contribution in [1.29, 1.82) is 0 Å². The fourth-order valence-electron chi connectivity index (χ4n) is 2.74. The number of nitrogens with zero attached hydrogens (tertiary/aromatic N) is 1. The Bertz CT molecular complexity index is 703. The van der Waals surface area contributed by atoms with Gasteiger partial charge in [0.05, 0.1) is 12.2 Å². The summed E-state index contributed by atoms with van der Waals surface area (Å²) < 4.78 is 13.7. The second kappa shape index (κ2) is 6.36. The minimum atomic E-state index is -0.521. The van der Waals surface area contributed by atoms with Crippen molar-refractivity contribution in [2.75, 3.05) is 18.4 Å². The minimum absolute atomic E-state index is 0.162. The van der Waals surface area contributed by atoms with Crippen LogP contribution in [0.4, 0.5) is 10.1 Å². The molecule has 1 aliphatic heterocycles. The molecule has 2 aromatic rings. The number of fused-ring (bicyclic) bond motifs is 1. The Balaban J connectivity index is 1.65. The second-order valence-corrected chi connectivity index (χ2v) is 6.81. The van der Waals surface area contributed by atoms with Gasteiger partial charge in [0.15, 0.2) is 0 Å². The molecule has 0 fully saturated rings. The molecule has 22 heavy (non-hydrogen) atoms. The van der Waals surface area contributed by atoms with E-state index in [0.717, 1.165) is 13.0 Å². The molecule has 3 nitrogen and oxygen atoms in total. The highest BCUT2D eigenvalue weighted by Gasteiger charge is 2.26. The molecule has 0 aliphatic carbocycles.